The highest BCUT2D eigenvalue weighted by atomic mass is 35.5. The summed E-state index contributed by atoms with van der Waals surface area (Å²) in [6, 6.07) is 0. The van der Waals surface area contributed by atoms with E-state index in [2.05, 4.69) is 0 Å². The summed E-state index contributed by atoms with van der Waals surface area (Å²) < 4.78 is -0.725. The number of ketones is 2. The molecule has 1 aliphatic carbocycles. The van der Waals surface area contributed by atoms with Crippen molar-refractivity contribution in [1.29, 1.82) is 0 Å². The molecule has 17 heavy (non-hydrogen) atoms. The smallest absolute Gasteiger partial charge is 0.296 e. The molecular formula is C10H13Cl2NO3S. The Kier molecular flexibility index (Phi) is 4.16. The van der Waals surface area contributed by atoms with Crippen LogP contribution in [0.1, 0.15) is 26.7 Å². The van der Waals surface area contributed by atoms with Gasteiger partial charge in [0.1, 0.15) is 0 Å². The predicted octanol–water partition coefficient (Wildman–Crippen LogP) is 2.82. The van der Waals surface area contributed by atoms with Gasteiger partial charge in [0.25, 0.3) is 0 Å². The topological polar surface area (TPSA) is 54.5 Å². The highest BCUT2D eigenvalue weighted by molar-refractivity contribution is 8.02. The van der Waals surface area contributed by atoms with E-state index in [1.165, 1.54) is 7.05 Å². The molecule has 0 bridgehead atoms. The summed E-state index contributed by atoms with van der Waals surface area (Å²) in [5.41, 5.74) is -0.378. The number of halogens is 2. The molecule has 1 amide bonds. The second-order valence-electron chi connectivity index (χ2n) is 4.80. The zero-order valence-corrected chi connectivity index (χ0v) is 12.1. The first-order valence-corrected chi connectivity index (χ1v) is 6.49. The van der Waals surface area contributed by atoms with E-state index in [0.717, 1.165) is 4.31 Å². The van der Waals surface area contributed by atoms with E-state index in [0.29, 0.717) is 11.9 Å². The molecule has 0 aromatic carbocycles. The molecule has 0 unspecified atom stereocenters. The summed E-state index contributed by atoms with van der Waals surface area (Å²) in [5.74, 6) is -0.759. The predicted molar refractivity (Wildman–Crippen MR) is 68.2 cm³/mol. The number of Topliss-reactive ketones (excluding diaryl/α,β-unsaturated/α-hetero) is 2. The standard InChI is InChI=1S/C10H13Cl2NO3S/c1-9(2)4-6(14)10(12,7(15)5-9)17-13(3)8(11)16/h4-5H2,1-3H3. The number of rotatable bonds is 2. The zero-order valence-electron chi connectivity index (χ0n) is 9.75. The first-order valence-electron chi connectivity index (χ1n) is 4.96. The average Bonchev–Trinajstić information content (AvgIpc) is 2.13. The van der Waals surface area contributed by atoms with Gasteiger partial charge in [-0.1, -0.05) is 25.4 Å². The minimum absolute atomic E-state index is 0.208. The van der Waals surface area contributed by atoms with Crippen LogP contribution in [-0.4, -0.2) is 32.5 Å². The molecule has 0 atom stereocenters. The van der Waals surface area contributed by atoms with Gasteiger partial charge in [0.2, 0.25) is 4.21 Å². The monoisotopic (exact) mass is 297 g/mol. The van der Waals surface area contributed by atoms with Crippen LogP contribution in [-0.2, 0) is 9.59 Å². The van der Waals surface area contributed by atoms with Crippen LogP contribution in [0.5, 0.6) is 0 Å². The molecule has 0 N–H and O–H groups in total. The van der Waals surface area contributed by atoms with Crippen molar-refractivity contribution in [3.63, 3.8) is 0 Å². The summed E-state index contributed by atoms with van der Waals surface area (Å²) >= 11 is 12.0. The maximum absolute atomic E-state index is 11.9. The van der Waals surface area contributed by atoms with Gasteiger partial charge in [0, 0.05) is 19.9 Å². The van der Waals surface area contributed by atoms with Gasteiger partial charge in [-0.15, -0.1) is 0 Å². The lowest BCUT2D eigenvalue weighted by molar-refractivity contribution is -0.134. The SMILES string of the molecule is CN(SC1(Cl)C(=O)CC(C)(C)CC1=O)C(=O)Cl. The average molecular weight is 298 g/mol. The fourth-order valence-electron chi connectivity index (χ4n) is 1.64. The molecule has 96 valence electrons. The number of hydrogen-bond acceptors (Lipinski definition) is 4. The van der Waals surface area contributed by atoms with Crippen LogP contribution in [0.2, 0.25) is 0 Å². The first kappa shape index (κ1) is 14.8. The van der Waals surface area contributed by atoms with Gasteiger partial charge in [-0.25, -0.2) is 0 Å². The number of hydrogen-bond donors (Lipinski definition) is 0. The quantitative estimate of drug-likeness (QED) is 0.259. The Bertz CT molecular complexity index is 364. The van der Waals surface area contributed by atoms with Gasteiger partial charge in [-0.3, -0.25) is 18.7 Å². The van der Waals surface area contributed by atoms with Crippen molar-refractivity contribution >= 4 is 52.1 Å². The molecule has 4 nitrogen and oxygen atoms in total. The summed E-state index contributed by atoms with van der Waals surface area (Å²) in [7, 11) is 1.37. The fourth-order valence-corrected chi connectivity index (χ4v) is 2.99. The Hall–Kier alpha value is -0.260. The summed E-state index contributed by atoms with van der Waals surface area (Å²) in [4.78, 5) is 34.8. The summed E-state index contributed by atoms with van der Waals surface area (Å²) in [6.45, 7) is 3.67. The van der Waals surface area contributed by atoms with Crippen molar-refractivity contribution in [1.82, 2.24) is 4.31 Å². The highest BCUT2D eigenvalue weighted by Crippen LogP contribution is 2.45. The molecule has 1 saturated carbocycles. The van der Waals surface area contributed by atoms with Crippen LogP contribution < -0.4 is 0 Å². The lowest BCUT2D eigenvalue weighted by Crippen LogP contribution is -2.48. The molecule has 0 spiro atoms. The van der Waals surface area contributed by atoms with Gasteiger partial charge >= 0.3 is 5.37 Å². The maximum Gasteiger partial charge on any atom is 0.326 e. The Labute approximate surface area is 114 Å². The van der Waals surface area contributed by atoms with Crippen LogP contribution >= 0.6 is 35.1 Å². The third-order valence-corrected chi connectivity index (χ3v) is 4.63. The van der Waals surface area contributed by atoms with Crippen molar-refractivity contribution in [3.05, 3.63) is 0 Å². The van der Waals surface area contributed by atoms with Crippen LogP contribution in [0.15, 0.2) is 0 Å². The Balaban J connectivity index is 2.92. The molecule has 0 aromatic rings. The third-order valence-electron chi connectivity index (χ3n) is 2.51. The number of alkyl halides is 1. The van der Waals surface area contributed by atoms with Crippen molar-refractivity contribution in [2.75, 3.05) is 7.05 Å². The molecule has 7 heteroatoms. The van der Waals surface area contributed by atoms with Gasteiger partial charge < -0.3 is 0 Å². The second-order valence-corrected chi connectivity index (χ2v) is 7.26. The van der Waals surface area contributed by atoms with Crippen molar-refractivity contribution < 1.29 is 14.4 Å². The molecule has 1 rings (SSSR count). The van der Waals surface area contributed by atoms with E-state index in [4.69, 9.17) is 23.2 Å². The number of carbonyl (C=O) groups excluding carboxylic acids is 3. The van der Waals surface area contributed by atoms with Crippen LogP contribution in [0.4, 0.5) is 4.79 Å². The third kappa shape index (κ3) is 3.14. The van der Waals surface area contributed by atoms with Gasteiger partial charge in [0.05, 0.1) is 0 Å². The van der Waals surface area contributed by atoms with Crippen molar-refractivity contribution in [3.8, 4) is 0 Å². The Morgan fingerprint density at radius 3 is 2.06 bits per heavy atom. The number of amides is 1. The van der Waals surface area contributed by atoms with E-state index in [1.807, 2.05) is 13.8 Å². The molecule has 1 aliphatic rings. The lowest BCUT2D eigenvalue weighted by Gasteiger charge is -2.37. The largest absolute Gasteiger partial charge is 0.326 e. The summed E-state index contributed by atoms with van der Waals surface area (Å²) in [6.07, 6.45) is 0.416. The minimum Gasteiger partial charge on any atom is -0.296 e. The van der Waals surface area contributed by atoms with E-state index in [-0.39, 0.29) is 29.8 Å². The Morgan fingerprint density at radius 1 is 1.29 bits per heavy atom. The lowest BCUT2D eigenvalue weighted by atomic mass is 9.76. The zero-order chi connectivity index (χ0) is 13.4. The Morgan fingerprint density at radius 2 is 1.71 bits per heavy atom. The van der Waals surface area contributed by atoms with E-state index >= 15 is 0 Å². The normalized spacial score (nSPS) is 22.4. The van der Waals surface area contributed by atoms with E-state index < -0.39 is 9.57 Å². The number of carbonyl (C=O) groups is 3. The van der Waals surface area contributed by atoms with Crippen LogP contribution in [0.25, 0.3) is 0 Å². The molecule has 0 radical (unpaired) electrons. The summed E-state index contributed by atoms with van der Waals surface area (Å²) in [5, 5.41) is -0.777. The maximum atomic E-state index is 11.9. The van der Waals surface area contributed by atoms with Crippen LogP contribution in [0, 0.1) is 5.41 Å². The molecule has 0 aliphatic heterocycles. The highest BCUT2D eigenvalue weighted by Gasteiger charge is 2.52. The number of nitrogens with zero attached hydrogens (tertiary/aromatic N) is 1. The van der Waals surface area contributed by atoms with Gasteiger partial charge in [-0.05, 0) is 29.0 Å². The minimum atomic E-state index is -1.71. The van der Waals surface area contributed by atoms with Crippen molar-refractivity contribution in [2.24, 2.45) is 5.41 Å². The van der Waals surface area contributed by atoms with Gasteiger partial charge in [0.15, 0.2) is 11.6 Å². The fraction of sp³-hybridized carbons (Fsp3) is 0.700. The molecule has 1 fully saturated rings. The second kappa shape index (κ2) is 4.78. The molecular weight excluding hydrogens is 285 g/mol. The van der Waals surface area contributed by atoms with E-state index in [9.17, 15) is 14.4 Å². The molecule has 0 heterocycles. The van der Waals surface area contributed by atoms with Crippen molar-refractivity contribution in [2.45, 2.75) is 30.9 Å². The molecule has 0 saturated heterocycles. The molecule has 0 aromatic heterocycles. The van der Waals surface area contributed by atoms with E-state index in [1.54, 1.807) is 0 Å². The first-order chi connectivity index (χ1) is 7.58. The van der Waals surface area contributed by atoms with Gasteiger partial charge in [-0.2, -0.15) is 0 Å². The van der Waals surface area contributed by atoms with Crippen LogP contribution in [0.3, 0.4) is 0 Å².